The molecular formula is C16H21FN2O. The van der Waals surface area contributed by atoms with E-state index in [2.05, 4.69) is 17.6 Å². The summed E-state index contributed by atoms with van der Waals surface area (Å²) in [7, 11) is 0. The predicted molar refractivity (Wildman–Crippen MR) is 79.0 cm³/mol. The number of rotatable bonds is 8. The molecule has 0 saturated heterocycles. The molecule has 0 aliphatic rings. The summed E-state index contributed by atoms with van der Waals surface area (Å²) in [6.07, 6.45) is 1.10. The number of nitrogens with one attached hydrogen (secondary N) is 2. The second kappa shape index (κ2) is 7.82. The lowest BCUT2D eigenvalue weighted by Crippen LogP contribution is -2.21. The normalized spacial score (nSPS) is 10.9. The van der Waals surface area contributed by atoms with Crippen molar-refractivity contribution >= 4 is 0 Å². The molecular weight excluding hydrogens is 255 g/mol. The molecule has 3 nitrogen and oxygen atoms in total. The lowest BCUT2D eigenvalue weighted by atomic mass is 10.2. The lowest BCUT2D eigenvalue weighted by molar-refractivity contribution is 0.488. The lowest BCUT2D eigenvalue weighted by Gasteiger charge is -2.03. The Balaban J connectivity index is 1.79. The van der Waals surface area contributed by atoms with E-state index in [9.17, 15) is 4.39 Å². The summed E-state index contributed by atoms with van der Waals surface area (Å²) in [5.41, 5.74) is 0.893. The van der Waals surface area contributed by atoms with E-state index in [-0.39, 0.29) is 5.82 Å². The zero-order chi connectivity index (χ0) is 14.2. The van der Waals surface area contributed by atoms with Crippen LogP contribution >= 0.6 is 0 Å². The van der Waals surface area contributed by atoms with Crippen LogP contribution in [0.1, 0.15) is 19.1 Å². The molecule has 0 atom stereocenters. The highest BCUT2D eigenvalue weighted by atomic mass is 19.1. The number of hydrogen-bond donors (Lipinski definition) is 2. The maximum atomic E-state index is 12.9. The SMILES string of the molecule is CCNCCCNCc1ccc(-c2ccc(F)cc2)o1. The van der Waals surface area contributed by atoms with Crippen LogP contribution in [0.15, 0.2) is 40.8 Å². The van der Waals surface area contributed by atoms with Gasteiger partial charge in [-0.2, -0.15) is 0 Å². The highest BCUT2D eigenvalue weighted by Gasteiger charge is 2.04. The summed E-state index contributed by atoms with van der Waals surface area (Å²) in [5, 5.41) is 6.62. The fourth-order valence-corrected chi connectivity index (χ4v) is 1.97. The van der Waals surface area contributed by atoms with Crippen LogP contribution in [0.2, 0.25) is 0 Å². The van der Waals surface area contributed by atoms with Gasteiger partial charge in [0, 0.05) is 5.56 Å². The Bertz CT molecular complexity index is 507. The van der Waals surface area contributed by atoms with Gasteiger partial charge >= 0.3 is 0 Å². The Kier molecular flexibility index (Phi) is 5.77. The van der Waals surface area contributed by atoms with Crippen LogP contribution in [0.3, 0.4) is 0 Å². The van der Waals surface area contributed by atoms with E-state index in [0.29, 0.717) is 6.54 Å². The van der Waals surface area contributed by atoms with Gasteiger partial charge in [0.05, 0.1) is 6.54 Å². The van der Waals surface area contributed by atoms with Gasteiger partial charge < -0.3 is 15.1 Å². The summed E-state index contributed by atoms with van der Waals surface area (Å²) >= 11 is 0. The van der Waals surface area contributed by atoms with Crippen molar-refractivity contribution in [3.05, 3.63) is 48.0 Å². The van der Waals surface area contributed by atoms with Crippen molar-refractivity contribution in [1.82, 2.24) is 10.6 Å². The van der Waals surface area contributed by atoms with E-state index in [0.717, 1.165) is 43.1 Å². The van der Waals surface area contributed by atoms with Crippen molar-refractivity contribution in [2.24, 2.45) is 0 Å². The molecule has 4 heteroatoms. The molecule has 2 aromatic rings. The molecule has 108 valence electrons. The minimum absolute atomic E-state index is 0.233. The smallest absolute Gasteiger partial charge is 0.134 e. The number of benzene rings is 1. The highest BCUT2D eigenvalue weighted by Crippen LogP contribution is 2.22. The largest absolute Gasteiger partial charge is 0.460 e. The maximum Gasteiger partial charge on any atom is 0.134 e. The summed E-state index contributed by atoms with van der Waals surface area (Å²) in [6.45, 7) is 5.82. The molecule has 2 rings (SSSR count). The number of hydrogen-bond acceptors (Lipinski definition) is 3. The van der Waals surface area contributed by atoms with Gasteiger partial charge in [0.25, 0.3) is 0 Å². The minimum atomic E-state index is -0.233. The first-order valence-corrected chi connectivity index (χ1v) is 7.05. The van der Waals surface area contributed by atoms with Gasteiger partial charge in [-0.25, -0.2) is 4.39 Å². The fraction of sp³-hybridized carbons (Fsp3) is 0.375. The van der Waals surface area contributed by atoms with Gasteiger partial charge in [-0.15, -0.1) is 0 Å². The van der Waals surface area contributed by atoms with Crippen molar-refractivity contribution in [3.8, 4) is 11.3 Å². The molecule has 1 aromatic heterocycles. The summed E-state index contributed by atoms with van der Waals surface area (Å²) < 4.78 is 18.6. The van der Waals surface area contributed by atoms with Gasteiger partial charge in [0.15, 0.2) is 0 Å². The highest BCUT2D eigenvalue weighted by molar-refractivity contribution is 5.57. The first kappa shape index (κ1) is 14.8. The molecule has 0 amide bonds. The average molecular weight is 276 g/mol. The van der Waals surface area contributed by atoms with E-state index < -0.39 is 0 Å². The van der Waals surface area contributed by atoms with Crippen LogP contribution in [-0.2, 0) is 6.54 Å². The van der Waals surface area contributed by atoms with Crippen LogP contribution < -0.4 is 10.6 Å². The van der Waals surface area contributed by atoms with Gasteiger partial charge in [0.1, 0.15) is 17.3 Å². The van der Waals surface area contributed by atoms with E-state index >= 15 is 0 Å². The van der Waals surface area contributed by atoms with E-state index in [1.54, 1.807) is 12.1 Å². The van der Waals surface area contributed by atoms with Crippen LogP contribution in [0, 0.1) is 5.82 Å². The van der Waals surface area contributed by atoms with Crippen LogP contribution in [0.25, 0.3) is 11.3 Å². The van der Waals surface area contributed by atoms with Crippen molar-refractivity contribution in [2.75, 3.05) is 19.6 Å². The molecule has 0 aliphatic carbocycles. The second-order valence-electron chi connectivity index (χ2n) is 4.66. The second-order valence-corrected chi connectivity index (χ2v) is 4.66. The zero-order valence-corrected chi connectivity index (χ0v) is 11.8. The molecule has 0 bridgehead atoms. The summed E-state index contributed by atoms with van der Waals surface area (Å²) in [5.74, 6) is 1.44. The van der Waals surface area contributed by atoms with Crippen molar-refractivity contribution in [2.45, 2.75) is 19.9 Å². The van der Waals surface area contributed by atoms with Crippen LogP contribution in [0.5, 0.6) is 0 Å². The van der Waals surface area contributed by atoms with Crippen molar-refractivity contribution in [1.29, 1.82) is 0 Å². The molecule has 0 saturated carbocycles. The van der Waals surface area contributed by atoms with Gasteiger partial charge in [0.2, 0.25) is 0 Å². The quantitative estimate of drug-likeness (QED) is 0.727. The Labute approximate surface area is 119 Å². The summed E-state index contributed by atoms with van der Waals surface area (Å²) in [4.78, 5) is 0. The summed E-state index contributed by atoms with van der Waals surface area (Å²) in [6, 6.07) is 10.2. The van der Waals surface area contributed by atoms with Crippen LogP contribution in [0.4, 0.5) is 4.39 Å². The molecule has 0 aliphatic heterocycles. The Hall–Kier alpha value is -1.65. The maximum absolute atomic E-state index is 12.9. The third kappa shape index (κ3) is 4.47. The minimum Gasteiger partial charge on any atom is -0.460 e. The monoisotopic (exact) mass is 276 g/mol. The van der Waals surface area contributed by atoms with Gasteiger partial charge in [-0.05, 0) is 62.5 Å². The van der Waals surface area contributed by atoms with Crippen LogP contribution in [-0.4, -0.2) is 19.6 Å². The van der Waals surface area contributed by atoms with E-state index in [4.69, 9.17) is 4.42 Å². The molecule has 1 aromatic carbocycles. The fourth-order valence-electron chi connectivity index (χ4n) is 1.97. The van der Waals surface area contributed by atoms with Crippen molar-refractivity contribution in [3.63, 3.8) is 0 Å². The molecule has 0 radical (unpaired) electrons. The van der Waals surface area contributed by atoms with Crippen molar-refractivity contribution < 1.29 is 8.81 Å². The van der Waals surface area contributed by atoms with E-state index in [1.165, 1.54) is 12.1 Å². The Morgan fingerprint density at radius 2 is 1.75 bits per heavy atom. The zero-order valence-electron chi connectivity index (χ0n) is 11.8. The predicted octanol–water partition coefficient (Wildman–Crippen LogP) is 3.17. The third-order valence-corrected chi connectivity index (χ3v) is 3.05. The molecule has 1 heterocycles. The Morgan fingerprint density at radius 1 is 1.00 bits per heavy atom. The van der Waals surface area contributed by atoms with Gasteiger partial charge in [-0.3, -0.25) is 0 Å². The molecule has 0 spiro atoms. The Morgan fingerprint density at radius 3 is 2.50 bits per heavy atom. The molecule has 20 heavy (non-hydrogen) atoms. The molecule has 2 N–H and O–H groups in total. The first-order valence-electron chi connectivity index (χ1n) is 7.05. The molecule has 0 fully saturated rings. The average Bonchev–Trinajstić information content (AvgIpc) is 2.92. The standard InChI is InChI=1S/C16H21FN2O/c1-2-18-10-3-11-19-12-15-8-9-16(20-15)13-4-6-14(17)7-5-13/h4-9,18-19H,2-3,10-12H2,1H3. The number of halogens is 1. The van der Waals surface area contributed by atoms with Gasteiger partial charge in [-0.1, -0.05) is 6.92 Å². The topological polar surface area (TPSA) is 37.2 Å². The number of furan rings is 1. The van der Waals surface area contributed by atoms with E-state index in [1.807, 2.05) is 12.1 Å². The first-order chi connectivity index (χ1) is 9.79. The molecule has 0 unspecified atom stereocenters. The third-order valence-electron chi connectivity index (χ3n) is 3.05.